The first-order valence-corrected chi connectivity index (χ1v) is 8.99. The maximum atomic E-state index is 12.2. The maximum Gasteiger partial charge on any atom is 0.245 e. The Balaban J connectivity index is 1.70. The largest absolute Gasteiger partial charge is 0.394 e. The van der Waals surface area contributed by atoms with Crippen molar-refractivity contribution in [3.05, 3.63) is 59.3 Å². The molecular formula is C20H24N4O3. The van der Waals surface area contributed by atoms with E-state index in [1.54, 1.807) is 6.20 Å². The Morgan fingerprint density at radius 2 is 2.00 bits per heavy atom. The van der Waals surface area contributed by atoms with Gasteiger partial charge in [0.15, 0.2) is 0 Å². The van der Waals surface area contributed by atoms with Crippen LogP contribution in [0.3, 0.4) is 0 Å². The van der Waals surface area contributed by atoms with Crippen LogP contribution in [0.4, 0.5) is 5.82 Å². The SMILES string of the molecule is CC(=O)NC(CO)C(=O)NCc1cccnc1N1CCc2ccccc2C1. The predicted molar refractivity (Wildman–Crippen MR) is 102 cm³/mol. The number of rotatable bonds is 6. The summed E-state index contributed by atoms with van der Waals surface area (Å²) >= 11 is 0. The Kier molecular flexibility index (Phi) is 6.03. The second-order valence-corrected chi connectivity index (χ2v) is 6.58. The fraction of sp³-hybridized carbons (Fsp3) is 0.350. The molecule has 1 aliphatic heterocycles. The lowest BCUT2D eigenvalue weighted by atomic mass is 9.99. The van der Waals surface area contributed by atoms with Gasteiger partial charge in [-0.3, -0.25) is 9.59 Å². The highest BCUT2D eigenvalue weighted by atomic mass is 16.3. The van der Waals surface area contributed by atoms with E-state index in [1.807, 2.05) is 18.2 Å². The van der Waals surface area contributed by atoms with Crippen LogP contribution in [0, 0.1) is 0 Å². The molecule has 7 nitrogen and oxygen atoms in total. The Morgan fingerprint density at radius 1 is 1.22 bits per heavy atom. The van der Waals surface area contributed by atoms with Crippen LogP contribution in [0.15, 0.2) is 42.6 Å². The first-order chi connectivity index (χ1) is 13.1. The van der Waals surface area contributed by atoms with E-state index < -0.39 is 18.6 Å². The van der Waals surface area contributed by atoms with Gasteiger partial charge in [0, 0.05) is 38.3 Å². The summed E-state index contributed by atoms with van der Waals surface area (Å²) in [5.41, 5.74) is 3.54. The number of fused-ring (bicyclic) bond motifs is 1. The van der Waals surface area contributed by atoms with Crippen molar-refractivity contribution in [2.45, 2.75) is 32.5 Å². The molecule has 0 aliphatic carbocycles. The molecule has 1 aliphatic rings. The molecule has 0 fully saturated rings. The van der Waals surface area contributed by atoms with E-state index in [0.717, 1.165) is 30.9 Å². The average Bonchev–Trinajstić information content (AvgIpc) is 2.70. The number of aliphatic hydroxyl groups excluding tert-OH is 1. The van der Waals surface area contributed by atoms with Gasteiger partial charge in [-0.25, -0.2) is 4.98 Å². The molecule has 1 unspecified atom stereocenters. The lowest BCUT2D eigenvalue weighted by molar-refractivity contribution is -0.129. The molecule has 3 rings (SSSR count). The van der Waals surface area contributed by atoms with Gasteiger partial charge in [0.25, 0.3) is 0 Å². The number of pyridine rings is 1. The van der Waals surface area contributed by atoms with Gasteiger partial charge in [0.2, 0.25) is 11.8 Å². The number of amides is 2. The normalized spacial score (nSPS) is 14.2. The number of hydrogen-bond acceptors (Lipinski definition) is 5. The van der Waals surface area contributed by atoms with Gasteiger partial charge in [-0.2, -0.15) is 0 Å². The zero-order valence-corrected chi connectivity index (χ0v) is 15.3. The van der Waals surface area contributed by atoms with Crippen molar-refractivity contribution in [3.8, 4) is 0 Å². The third-order valence-corrected chi connectivity index (χ3v) is 4.63. The second kappa shape index (κ2) is 8.64. The number of nitrogens with one attached hydrogen (secondary N) is 2. The van der Waals surface area contributed by atoms with E-state index in [9.17, 15) is 14.7 Å². The summed E-state index contributed by atoms with van der Waals surface area (Å²) in [4.78, 5) is 30.1. The molecule has 1 aromatic heterocycles. The number of nitrogens with zero attached hydrogens (tertiary/aromatic N) is 2. The van der Waals surface area contributed by atoms with Gasteiger partial charge < -0.3 is 20.6 Å². The van der Waals surface area contributed by atoms with E-state index in [-0.39, 0.29) is 12.5 Å². The van der Waals surface area contributed by atoms with Crippen molar-refractivity contribution in [2.75, 3.05) is 18.1 Å². The number of aliphatic hydroxyl groups is 1. The van der Waals surface area contributed by atoms with Gasteiger partial charge in [0.1, 0.15) is 11.9 Å². The van der Waals surface area contributed by atoms with Gasteiger partial charge in [-0.05, 0) is 23.6 Å². The third-order valence-electron chi connectivity index (χ3n) is 4.63. The quantitative estimate of drug-likeness (QED) is 0.700. The first-order valence-electron chi connectivity index (χ1n) is 8.99. The molecule has 142 valence electrons. The summed E-state index contributed by atoms with van der Waals surface area (Å²) in [6.45, 7) is 2.77. The zero-order chi connectivity index (χ0) is 19.2. The first kappa shape index (κ1) is 18.8. The molecule has 0 saturated carbocycles. The molecule has 0 spiro atoms. The number of aromatic nitrogens is 1. The van der Waals surface area contributed by atoms with Gasteiger partial charge in [-0.1, -0.05) is 30.3 Å². The van der Waals surface area contributed by atoms with Crippen LogP contribution in [-0.4, -0.2) is 41.1 Å². The van der Waals surface area contributed by atoms with Crippen LogP contribution < -0.4 is 15.5 Å². The molecule has 2 heterocycles. The molecule has 27 heavy (non-hydrogen) atoms. The van der Waals surface area contributed by atoms with Crippen molar-refractivity contribution in [2.24, 2.45) is 0 Å². The highest BCUT2D eigenvalue weighted by Gasteiger charge is 2.21. The number of benzene rings is 1. The smallest absolute Gasteiger partial charge is 0.245 e. The predicted octanol–water partition coefficient (Wildman–Crippen LogP) is 0.758. The van der Waals surface area contributed by atoms with Crippen LogP contribution >= 0.6 is 0 Å². The van der Waals surface area contributed by atoms with Crippen molar-refractivity contribution in [1.82, 2.24) is 15.6 Å². The van der Waals surface area contributed by atoms with Gasteiger partial charge >= 0.3 is 0 Å². The zero-order valence-electron chi connectivity index (χ0n) is 15.3. The minimum absolute atomic E-state index is 0.274. The van der Waals surface area contributed by atoms with Gasteiger partial charge in [0.05, 0.1) is 6.61 Å². The summed E-state index contributed by atoms with van der Waals surface area (Å²) in [6.07, 6.45) is 2.70. The van der Waals surface area contributed by atoms with Crippen LogP contribution in [0.25, 0.3) is 0 Å². The Morgan fingerprint density at radius 3 is 2.74 bits per heavy atom. The number of anilines is 1. The summed E-state index contributed by atoms with van der Waals surface area (Å²) in [5, 5.41) is 14.5. The van der Waals surface area contributed by atoms with E-state index in [4.69, 9.17) is 0 Å². The van der Waals surface area contributed by atoms with Crippen molar-refractivity contribution >= 4 is 17.6 Å². The number of carbonyl (C=O) groups excluding carboxylic acids is 2. The molecule has 7 heteroatoms. The van der Waals surface area contributed by atoms with E-state index >= 15 is 0 Å². The standard InChI is InChI=1S/C20H24N4O3/c1-14(26)23-18(13-25)20(27)22-11-16-7-4-9-21-19(16)24-10-8-15-5-2-3-6-17(15)12-24/h2-7,9,18,25H,8,10-13H2,1H3,(H,22,27)(H,23,26). The van der Waals surface area contributed by atoms with Crippen molar-refractivity contribution < 1.29 is 14.7 Å². The fourth-order valence-corrected chi connectivity index (χ4v) is 3.27. The average molecular weight is 368 g/mol. The number of carbonyl (C=O) groups is 2. The summed E-state index contributed by atoms with van der Waals surface area (Å²) in [7, 11) is 0. The summed E-state index contributed by atoms with van der Waals surface area (Å²) in [6, 6.07) is 11.2. The minimum atomic E-state index is -0.954. The monoisotopic (exact) mass is 368 g/mol. The molecule has 0 saturated heterocycles. The molecule has 0 bridgehead atoms. The van der Waals surface area contributed by atoms with Crippen LogP contribution in [0.2, 0.25) is 0 Å². The number of hydrogen-bond donors (Lipinski definition) is 3. The highest BCUT2D eigenvalue weighted by Crippen LogP contribution is 2.25. The Hall–Kier alpha value is -2.93. The Bertz CT molecular complexity index is 824. The van der Waals surface area contributed by atoms with Crippen molar-refractivity contribution in [1.29, 1.82) is 0 Å². The second-order valence-electron chi connectivity index (χ2n) is 6.58. The molecule has 1 aromatic carbocycles. The molecule has 2 amide bonds. The Labute approximate surface area is 158 Å². The molecule has 3 N–H and O–H groups in total. The molecule has 0 radical (unpaired) electrons. The molecule has 2 aromatic rings. The minimum Gasteiger partial charge on any atom is -0.394 e. The molecule has 1 atom stereocenters. The van der Waals surface area contributed by atoms with Gasteiger partial charge in [-0.15, -0.1) is 0 Å². The highest BCUT2D eigenvalue weighted by molar-refractivity contribution is 5.86. The van der Waals surface area contributed by atoms with Crippen LogP contribution in [-0.2, 0) is 29.1 Å². The van der Waals surface area contributed by atoms with E-state index in [1.165, 1.54) is 18.1 Å². The maximum absolute atomic E-state index is 12.2. The van der Waals surface area contributed by atoms with Crippen LogP contribution in [0.1, 0.15) is 23.6 Å². The molecular weight excluding hydrogens is 344 g/mol. The summed E-state index contributed by atoms with van der Waals surface area (Å²) < 4.78 is 0. The van der Waals surface area contributed by atoms with E-state index in [0.29, 0.717) is 0 Å². The summed E-state index contributed by atoms with van der Waals surface area (Å²) in [5.74, 6) is 0.0529. The fourth-order valence-electron chi connectivity index (χ4n) is 3.27. The van der Waals surface area contributed by atoms with Crippen molar-refractivity contribution in [3.63, 3.8) is 0 Å². The van der Waals surface area contributed by atoms with Crippen LogP contribution in [0.5, 0.6) is 0 Å². The van der Waals surface area contributed by atoms with E-state index in [2.05, 4.69) is 38.7 Å². The third kappa shape index (κ3) is 4.62. The lowest BCUT2D eigenvalue weighted by Gasteiger charge is -2.31. The lowest BCUT2D eigenvalue weighted by Crippen LogP contribution is -2.48. The topological polar surface area (TPSA) is 94.6 Å².